The Morgan fingerprint density at radius 2 is 1.68 bits per heavy atom. The van der Waals surface area contributed by atoms with Crippen molar-refractivity contribution < 1.29 is 9.59 Å². The van der Waals surface area contributed by atoms with E-state index in [4.69, 9.17) is 0 Å². The molecule has 144 valence electrons. The number of thiophene rings is 1. The molecule has 28 heavy (non-hydrogen) atoms. The van der Waals surface area contributed by atoms with Crippen LogP contribution in [0.25, 0.3) is 0 Å². The van der Waals surface area contributed by atoms with Gasteiger partial charge < -0.3 is 15.5 Å². The number of hydrogen-bond acceptors (Lipinski definition) is 4. The van der Waals surface area contributed by atoms with Gasteiger partial charge in [-0.15, -0.1) is 0 Å². The summed E-state index contributed by atoms with van der Waals surface area (Å²) in [6, 6.07) is 18.9. The van der Waals surface area contributed by atoms with E-state index in [0.717, 1.165) is 5.56 Å². The Morgan fingerprint density at radius 3 is 2.36 bits per heavy atom. The third-order valence-electron chi connectivity index (χ3n) is 4.47. The zero-order valence-electron chi connectivity index (χ0n) is 15.9. The van der Waals surface area contributed by atoms with Crippen LogP contribution in [0.5, 0.6) is 0 Å². The number of likely N-dealkylation sites (N-methyl/N-ethyl adjacent to an activating group) is 1. The van der Waals surface area contributed by atoms with Gasteiger partial charge >= 0.3 is 0 Å². The van der Waals surface area contributed by atoms with Crippen LogP contribution in [0.2, 0.25) is 0 Å². The molecule has 1 heterocycles. The van der Waals surface area contributed by atoms with Gasteiger partial charge in [-0.25, -0.2) is 0 Å². The van der Waals surface area contributed by atoms with E-state index >= 15 is 0 Å². The van der Waals surface area contributed by atoms with E-state index in [2.05, 4.69) is 15.5 Å². The first-order chi connectivity index (χ1) is 13.6. The van der Waals surface area contributed by atoms with Gasteiger partial charge in [0.25, 0.3) is 11.8 Å². The summed E-state index contributed by atoms with van der Waals surface area (Å²) in [4.78, 5) is 27.2. The lowest BCUT2D eigenvalue weighted by molar-refractivity contribution is 0.0943. The van der Waals surface area contributed by atoms with Crippen molar-refractivity contribution >= 4 is 28.8 Å². The van der Waals surface area contributed by atoms with Gasteiger partial charge in [0.05, 0.1) is 22.9 Å². The normalized spacial score (nSPS) is 11.8. The van der Waals surface area contributed by atoms with Gasteiger partial charge in [-0.2, -0.15) is 11.3 Å². The molecule has 6 heteroatoms. The number of amides is 2. The number of benzene rings is 2. The summed E-state index contributed by atoms with van der Waals surface area (Å²) in [7, 11) is 3.97. The van der Waals surface area contributed by atoms with Crippen molar-refractivity contribution in [1.29, 1.82) is 0 Å². The molecule has 1 atom stereocenters. The van der Waals surface area contributed by atoms with Crippen molar-refractivity contribution in [2.75, 3.05) is 26.0 Å². The van der Waals surface area contributed by atoms with Crippen LogP contribution in [0.3, 0.4) is 0 Å². The van der Waals surface area contributed by atoms with E-state index in [9.17, 15) is 9.59 Å². The molecule has 2 N–H and O–H groups in total. The molecule has 0 radical (unpaired) electrons. The maximum absolute atomic E-state index is 12.8. The van der Waals surface area contributed by atoms with E-state index in [1.165, 1.54) is 11.3 Å². The molecule has 1 aromatic heterocycles. The molecule has 0 fully saturated rings. The number of para-hydroxylation sites is 1. The number of hydrogen-bond donors (Lipinski definition) is 2. The third kappa shape index (κ3) is 4.85. The first-order valence-corrected chi connectivity index (χ1v) is 9.92. The lowest BCUT2D eigenvalue weighted by atomic mass is 10.1. The molecule has 3 rings (SSSR count). The van der Waals surface area contributed by atoms with Crippen molar-refractivity contribution in [2.24, 2.45) is 0 Å². The summed E-state index contributed by atoms with van der Waals surface area (Å²) in [6.45, 7) is 0.461. The second kappa shape index (κ2) is 9.30. The first-order valence-electron chi connectivity index (χ1n) is 8.98. The van der Waals surface area contributed by atoms with E-state index in [-0.39, 0.29) is 17.9 Å². The SMILES string of the molecule is CN(C)C(CNC(=O)c1ccccc1NC(=O)c1ccsc1)c1ccccc1. The van der Waals surface area contributed by atoms with E-state index in [1.54, 1.807) is 35.7 Å². The predicted octanol–water partition coefficient (Wildman–Crippen LogP) is 4.03. The van der Waals surface area contributed by atoms with Crippen LogP contribution < -0.4 is 10.6 Å². The van der Waals surface area contributed by atoms with Gasteiger partial charge in [-0.1, -0.05) is 42.5 Å². The Kier molecular flexibility index (Phi) is 6.57. The number of rotatable bonds is 7. The molecular weight excluding hydrogens is 370 g/mol. The molecule has 0 aliphatic heterocycles. The second-order valence-electron chi connectivity index (χ2n) is 6.61. The molecule has 3 aromatic rings. The van der Waals surface area contributed by atoms with Crippen LogP contribution in [0.4, 0.5) is 5.69 Å². The summed E-state index contributed by atoms with van der Waals surface area (Å²) in [6.07, 6.45) is 0. The molecule has 0 spiro atoms. The molecule has 2 amide bonds. The minimum absolute atomic E-state index is 0.0534. The molecule has 0 aliphatic rings. The molecule has 0 saturated carbocycles. The average molecular weight is 394 g/mol. The van der Waals surface area contributed by atoms with Gasteiger partial charge in [0.1, 0.15) is 0 Å². The molecule has 2 aromatic carbocycles. The van der Waals surface area contributed by atoms with E-state index < -0.39 is 0 Å². The summed E-state index contributed by atoms with van der Waals surface area (Å²) < 4.78 is 0. The number of carbonyl (C=O) groups excluding carboxylic acids is 2. The lowest BCUT2D eigenvalue weighted by Crippen LogP contribution is -2.35. The maximum Gasteiger partial charge on any atom is 0.256 e. The van der Waals surface area contributed by atoms with Crippen LogP contribution in [0.15, 0.2) is 71.4 Å². The average Bonchev–Trinajstić information content (AvgIpc) is 3.24. The minimum Gasteiger partial charge on any atom is -0.350 e. The van der Waals surface area contributed by atoms with E-state index in [0.29, 0.717) is 23.4 Å². The Labute approximate surface area is 169 Å². The van der Waals surface area contributed by atoms with E-state index in [1.807, 2.05) is 49.8 Å². The Morgan fingerprint density at radius 1 is 0.964 bits per heavy atom. The summed E-state index contributed by atoms with van der Waals surface area (Å²) in [5.74, 6) is -0.444. The number of anilines is 1. The first kappa shape index (κ1) is 19.8. The van der Waals surface area contributed by atoms with Crippen LogP contribution in [0.1, 0.15) is 32.3 Å². The second-order valence-corrected chi connectivity index (χ2v) is 7.39. The Bertz CT molecular complexity index is 924. The van der Waals surface area contributed by atoms with Gasteiger partial charge in [0.2, 0.25) is 0 Å². The van der Waals surface area contributed by atoms with Crippen LogP contribution in [-0.2, 0) is 0 Å². The van der Waals surface area contributed by atoms with Gasteiger partial charge in [-0.3, -0.25) is 9.59 Å². The lowest BCUT2D eigenvalue weighted by Gasteiger charge is -2.25. The summed E-state index contributed by atoms with van der Waals surface area (Å²) in [5.41, 5.74) is 2.65. The highest BCUT2D eigenvalue weighted by Gasteiger charge is 2.18. The molecule has 0 aliphatic carbocycles. The van der Waals surface area contributed by atoms with Crippen LogP contribution in [0, 0.1) is 0 Å². The van der Waals surface area contributed by atoms with Gasteiger partial charge in [0, 0.05) is 11.9 Å². The number of nitrogens with zero attached hydrogens (tertiary/aromatic N) is 1. The quantitative estimate of drug-likeness (QED) is 0.637. The standard InChI is InChI=1S/C22H23N3O2S/c1-25(2)20(16-8-4-3-5-9-16)14-23-22(27)18-10-6-7-11-19(18)24-21(26)17-12-13-28-15-17/h3-13,15,20H,14H2,1-2H3,(H,23,27)(H,24,26). The van der Waals surface area contributed by atoms with Gasteiger partial charge in [0.15, 0.2) is 0 Å². The van der Waals surface area contributed by atoms with Gasteiger partial charge in [-0.05, 0) is 43.2 Å². The molecular formula is C22H23N3O2S. The zero-order chi connectivity index (χ0) is 19.9. The fourth-order valence-corrected chi connectivity index (χ4v) is 3.57. The Hall–Kier alpha value is -2.96. The van der Waals surface area contributed by atoms with Crippen molar-refractivity contribution in [1.82, 2.24) is 10.2 Å². The van der Waals surface area contributed by atoms with Crippen molar-refractivity contribution in [3.8, 4) is 0 Å². The third-order valence-corrected chi connectivity index (χ3v) is 5.15. The zero-order valence-corrected chi connectivity index (χ0v) is 16.7. The van der Waals surface area contributed by atoms with Crippen molar-refractivity contribution in [3.63, 3.8) is 0 Å². The Balaban J connectivity index is 1.71. The molecule has 5 nitrogen and oxygen atoms in total. The van der Waals surface area contributed by atoms with Crippen LogP contribution >= 0.6 is 11.3 Å². The smallest absolute Gasteiger partial charge is 0.256 e. The summed E-state index contributed by atoms with van der Waals surface area (Å²) >= 11 is 1.46. The van der Waals surface area contributed by atoms with Crippen molar-refractivity contribution in [2.45, 2.75) is 6.04 Å². The molecule has 0 saturated heterocycles. The monoisotopic (exact) mass is 393 g/mol. The summed E-state index contributed by atoms with van der Waals surface area (Å²) in [5, 5.41) is 9.45. The topological polar surface area (TPSA) is 61.4 Å². The number of carbonyl (C=O) groups is 2. The highest BCUT2D eigenvalue weighted by Crippen LogP contribution is 2.19. The highest BCUT2D eigenvalue weighted by atomic mass is 32.1. The fraction of sp³-hybridized carbons (Fsp3) is 0.182. The fourth-order valence-electron chi connectivity index (χ4n) is 2.94. The molecule has 1 unspecified atom stereocenters. The number of nitrogens with one attached hydrogen (secondary N) is 2. The highest BCUT2D eigenvalue weighted by molar-refractivity contribution is 7.08. The minimum atomic E-state index is -0.225. The molecule has 0 bridgehead atoms. The maximum atomic E-state index is 12.8. The predicted molar refractivity (Wildman–Crippen MR) is 114 cm³/mol. The van der Waals surface area contributed by atoms with Crippen molar-refractivity contribution in [3.05, 3.63) is 88.1 Å². The van der Waals surface area contributed by atoms with Crippen LogP contribution in [-0.4, -0.2) is 37.4 Å². The largest absolute Gasteiger partial charge is 0.350 e.